The number of alkyl halides is 3. The van der Waals surface area contributed by atoms with Gasteiger partial charge in [-0.15, -0.1) is 6.58 Å². The van der Waals surface area contributed by atoms with Crippen molar-refractivity contribution in [3.05, 3.63) is 12.7 Å². The summed E-state index contributed by atoms with van der Waals surface area (Å²) in [4.78, 5) is 0. The molecule has 0 rings (SSSR count). The fourth-order valence-electron chi connectivity index (χ4n) is 0. The zero-order chi connectivity index (χ0) is 10.4. The first-order chi connectivity index (χ1) is 5.16. The average molecular weight is 222 g/mol. The number of allylic oxidation sites excluding steroid dienone is 1. The van der Waals surface area contributed by atoms with Crippen molar-refractivity contribution in [1.29, 1.82) is 0 Å². The summed E-state index contributed by atoms with van der Waals surface area (Å²) < 4.78 is 57.5. The van der Waals surface area contributed by atoms with Crippen LogP contribution < -0.4 is 0 Å². The van der Waals surface area contributed by atoms with Gasteiger partial charge >= 0.3 is 15.6 Å². The van der Waals surface area contributed by atoms with Gasteiger partial charge in [-0.1, -0.05) is 6.08 Å². The molecule has 0 aromatic heterocycles. The third-order valence-electron chi connectivity index (χ3n) is 0.581. The highest BCUT2D eigenvalue weighted by Crippen LogP contribution is 2.20. The Labute approximate surface area is 71.4 Å². The number of hydrogen-bond donors (Lipinski definition) is 1. The molecule has 0 radical (unpaired) electrons. The molecule has 0 aromatic rings. The third-order valence-corrected chi connectivity index (χ3v) is 1.74. The lowest BCUT2D eigenvalue weighted by Gasteiger charge is -1.97. The number of hydrogen-bond acceptors (Lipinski definition) is 2. The topological polar surface area (TPSA) is 54.4 Å². The van der Waals surface area contributed by atoms with Crippen molar-refractivity contribution in [3.8, 4) is 0 Å². The molecule has 0 spiro atoms. The van der Waals surface area contributed by atoms with Crippen LogP contribution in [0.5, 0.6) is 0 Å². The van der Waals surface area contributed by atoms with Crippen molar-refractivity contribution in [2.45, 2.75) is 11.6 Å². The minimum atomic E-state index is -5.84. The molecule has 74 valence electrons. The molecular formula is C4H9F3O3SSi. The van der Waals surface area contributed by atoms with E-state index in [0.29, 0.717) is 0 Å². The molecule has 3 nitrogen and oxygen atoms in total. The summed E-state index contributed by atoms with van der Waals surface area (Å²) in [5.74, 6) is 0. The Kier molecular flexibility index (Phi) is 6.30. The van der Waals surface area contributed by atoms with Crippen LogP contribution in [0.4, 0.5) is 13.2 Å². The summed E-state index contributed by atoms with van der Waals surface area (Å²) in [5, 5.41) is 0. The molecule has 0 aromatic carbocycles. The summed E-state index contributed by atoms with van der Waals surface area (Å²) in [6.45, 7) is 3.51. The molecule has 0 bridgehead atoms. The Balaban J connectivity index is 0. The number of halogens is 3. The van der Waals surface area contributed by atoms with Gasteiger partial charge in [-0.3, -0.25) is 4.55 Å². The van der Waals surface area contributed by atoms with E-state index in [1.54, 1.807) is 0 Å². The van der Waals surface area contributed by atoms with Gasteiger partial charge in [0, 0.05) is 10.2 Å². The zero-order valence-electron chi connectivity index (χ0n) is 6.30. The van der Waals surface area contributed by atoms with Crippen LogP contribution in [0.1, 0.15) is 0 Å². The van der Waals surface area contributed by atoms with Crippen molar-refractivity contribution in [2.75, 3.05) is 0 Å². The molecule has 12 heavy (non-hydrogen) atoms. The molecule has 0 heterocycles. The van der Waals surface area contributed by atoms with Crippen LogP contribution in [0.3, 0.4) is 0 Å². The predicted molar refractivity (Wildman–Crippen MR) is 42.5 cm³/mol. The minimum absolute atomic E-state index is 1.22. The second-order valence-corrected chi connectivity index (χ2v) is 3.85. The normalized spacial score (nSPS) is 11.7. The Morgan fingerprint density at radius 3 is 1.67 bits per heavy atom. The Morgan fingerprint density at radius 1 is 1.50 bits per heavy atom. The van der Waals surface area contributed by atoms with Crippen LogP contribution in [0.15, 0.2) is 12.7 Å². The van der Waals surface area contributed by atoms with Crippen molar-refractivity contribution >= 4 is 20.4 Å². The number of rotatable bonds is 1. The maximum absolute atomic E-state index is 10.7. The highest BCUT2D eigenvalue weighted by atomic mass is 32.2. The smallest absolute Gasteiger partial charge is 0.279 e. The van der Waals surface area contributed by atoms with Crippen LogP contribution in [-0.4, -0.2) is 28.7 Å². The van der Waals surface area contributed by atoms with Gasteiger partial charge in [0.25, 0.3) is 0 Å². The summed E-state index contributed by atoms with van der Waals surface area (Å²) >= 11 is 0. The first-order valence-corrected chi connectivity index (χ1v) is 5.66. The Morgan fingerprint density at radius 2 is 1.67 bits per heavy atom. The molecule has 0 saturated carbocycles. The third kappa shape index (κ3) is 7.76. The molecule has 0 atom stereocenters. The molecule has 0 aliphatic carbocycles. The first-order valence-electron chi connectivity index (χ1n) is 2.81. The first kappa shape index (κ1) is 14.2. The fraction of sp³-hybridized carbons (Fsp3) is 0.500. The summed E-state index contributed by atoms with van der Waals surface area (Å²) in [7, 11) is -4.57. The van der Waals surface area contributed by atoms with E-state index in [-0.39, 0.29) is 0 Å². The molecule has 8 heteroatoms. The summed E-state index contributed by atoms with van der Waals surface area (Å²) in [6.07, 6.45) is 1.94. The minimum Gasteiger partial charge on any atom is -0.279 e. The lowest BCUT2D eigenvalue weighted by atomic mass is 10.8. The van der Waals surface area contributed by atoms with Gasteiger partial charge < -0.3 is 0 Å². The molecule has 1 N–H and O–H groups in total. The Bertz CT molecular complexity index is 220. The quantitative estimate of drug-likeness (QED) is 0.301. The van der Waals surface area contributed by atoms with E-state index < -0.39 is 15.6 Å². The monoisotopic (exact) mass is 222 g/mol. The molecule has 0 amide bonds. The average Bonchev–Trinajstić information content (AvgIpc) is 1.84. The van der Waals surface area contributed by atoms with Crippen LogP contribution in [0.2, 0.25) is 6.04 Å². The highest BCUT2D eigenvalue weighted by Gasteiger charge is 2.44. The molecule has 0 unspecified atom stereocenters. The van der Waals surface area contributed by atoms with E-state index in [2.05, 4.69) is 6.58 Å². The molecule has 0 aliphatic rings. The Hall–Kier alpha value is -0.343. The maximum Gasteiger partial charge on any atom is 0.522 e. The lowest BCUT2D eigenvalue weighted by molar-refractivity contribution is -0.0510. The van der Waals surface area contributed by atoms with Crippen LogP contribution in [0.25, 0.3) is 0 Å². The molecule has 0 fully saturated rings. The van der Waals surface area contributed by atoms with E-state index in [1.165, 1.54) is 16.3 Å². The van der Waals surface area contributed by atoms with Crippen LogP contribution >= 0.6 is 0 Å². The fourth-order valence-corrected chi connectivity index (χ4v) is 0. The SMILES string of the molecule is C=CC[SiH3].O=S(=O)(O)C(F)(F)F. The second kappa shape index (κ2) is 5.33. The zero-order valence-corrected chi connectivity index (χ0v) is 9.11. The van der Waals surface area contributed by atoms with Crippen LogP contribution in [0, 0.1) is 0 Å². The maximum atomic E-state index is 10.7. The standard InChI is InChI=1S/C3H8Si.CHF3O3S/c1-2-3-4;2-1(3,4)8(5,6)7/h2H,1,3H2,4H3;(H,5,6,7). The van der Waals surface area contributed by atoms with Crippen molar-refractivity contribution < 1.29 is 26.1 Å². The van der Waals surface area contributed by atoms with E-state index in [9.17, 15) is 13.2 Å². The van der Waals surface area contributed by atoms with Gasteiger partial charge in [0.05, 0.1) is 0 Å². The van der Waals surface area contributed by atoms with Gasteiger partial charge in [-0.25, -0.2) is 0 Å². The van der Waals surface area contributed by atoms with Crippen molar-refractivity contribution in [2.24, 2.45) is 0 Å². The van der Waals surface area contributed by atoms with Gasteiger partial charge in [-0.2, -0.15) is 21.6 Å². The highest BCUT2D eigenvalue weighted by molar-refractivity contribution is 7.86. The van der Waals surface area contributed by atoms with Crippen molar-refractivity contribution in [1.82, 2.24) is 0 Å². The van der Waals surface area contributed by atoms with Crippen LogP contribution in [-0.2, 0) is 10.1 Å². The van der Waals surface area contributed by atoms with E-state index in [0.717, 1.165) is 0 Å². The molecule has 0 saturated heterocycles. The van der Waals surface area contributed by atoms with Crippen molar-refractivity contribution in [3.63, 3.8) is 0 Å². The van der Waals surface area contributed by atoms with E-state index in [1.807, 2.05) is 6.08 Å². The molecular weight excluding hydrogens is 213 g/mol. The lowest BCUT2D eigenvalue weighted by Crippen LogP contribution is -2.21. The van der Waals surface area contributed by atoms with E-state index in [4.69, 9.17) is 13.0 Å². The summed E-state index contributed by atoms with van der Waals surface area (Å²) in [5.41, 5.74) is -5.53. The van der Waals surface area contributed by atoms with Gasteiger partial charge in [0.1, 0.15) is 0 Å². The van der Waals surface area contributed by atoms with Gasteiger partial charge in [0.15, 0.2) is 0 Å². The largest absolute Gasteiger partial charge is 0.522 e. The van der Waals surface area contributed by atoms with E-state index >= 15 is 0 Å². The van der Waals surface area contributed by atoms with Gasteiger partial charge in [0.2, 0.25) is 0 Å². The predicted octanol–water partition coefficient (Wildman–Crippen LogP) is 0.350. The summed E-state index contributed by atoms with van der Waals surface area (Å²) in [6, 6.07) is 1.22. The second-order valence-electron chi connectivity index (χ2n) is 1.62. The molecule has 0 aliphatic heterocycles. The van der Waals surface area contributed by atoms with Gasteiger partial charge in [-0.05, 0) is 6.04 Å².